The molecule has 0 aromatic rings. The molecular weight excluding hydrogens is 161 g/mol. The van der Waals surface area contributed by atoms with E-state index < -0.39 is 0 Å². The predicted octanol–water partition coefficient (Wildman–Crippen LogP) is 1.32. The first-order valence-electron chi connectivity index (χ1n) is 3.17. The summed E-state index contributed by atoms with van der Waals surface area (Å²) in [5.74, 6) is -0.172. The average Bonchev–Trinajstić information content (AvgIpc) is 1.97. The van der Waals surface area contributed by atoms with E-state index in [4.69, 9.17) is 0 Å². The van der Waals surface area contributed by atoms with Crippen molar-refractivity contribution in [3.63, 3.8) is 0 Å². The SMILES string of the molecule is C=C(C)C(=O)NCCC#P=O. The first-order chi connectivity index (χ1) is 5.18. The number of nitrogens with one attached hydrogen (secondary N) is 1. The van der Waals surface area contributed by atoms with Gasteiger partial charge in [0.25, 0.3) is 0 Å². The van der Waals surface area contributed by atoms with E-state index in [1.54, 1.807) is 6.92 Å². The van der Waals surface area contributed by atoms with Crippen LogP contribution in [0.2, 0.25) is 0 Å². The zero-order valence-corrected chi connectivity index (χ0v) is 7.28. The Hall–Kier alpha value is -0.780. The molecule has 0 aliphatic rings. The Bertz CT molecular complexity index is 253. The number of hydrogen-bond acceptors (Lipinski definition) is 2. The Kier molecular flexibility index (Phi) is 5.54. The fraction of sp³-hybridized carbons (Fsp3) is 0.429. The molecule has 0 aliphatic heterocycles. The van der Waals surface area contributed by atoms with E-state index >= 15 is 0 Å². The van der Waals surface area contributed by atoms with Gasteiger partial charge in [-0.3, -0.25) is 0 Å². The van der Waals surface area contributed by atoms with Gasteiger partial charge in [0.05, 0.1) is 0 Å². The van der Waals surface area contributed by atoms with Crippen molar-refractivity contribution in [3.8, 4) is 5.63 Å². The number of rotatable bonds is 3. The van der Waals surface area contributed by atoms with E-state index in [1.165, 1.54) is 0 Å². The van der Waals surface area contributed by atoms with Gasteiger partial charge in [-0.15, -0.1) is 0 Å². The van der Waals surface area contributed by atoms with Gasteiger partial charge >= 0.3 is 66.2 Å². The molecule has 0 unspecified atom stereocenters. The molecule has 3 nitrogen and oxygen atoms in total. The minimum atomic E-state index is -0.172. The molecule has 0 atom stereocenters. The van der Waals surface area contributed by atoms with E-state index in [0.717, 1.165) is 0 Å². The Morgan fingerprint density at radius 2 is 2.36 bits per heavy atom. The van der Waals surface area contributed by atoms with E-state index in [1.807, 2.05) is 0 Å². The summed E-state index contributed by atoms with van der Waals surface area (Å²) in [6, 6.07) is 0. The molecule has 0 radical (unpaired) electrons. The van der Waals surface area contributed by atoms with Gasteiger partial charge in [-0.2, -0.15) is 0 Å². The van der Waals surface area contributed by atoms with Crippen LogP contribution in [-0.4, -0.2) is 12.5 Å². The molecular formula is C7H10NO2P. The van der Waals surface area contributed by atoms with Crippen LogP contribution in [0.4, 0.5) is 0 Å². The van der Waals surface area contributed by atoms with Gasteiger partial charge in [0, 0.05) is 0 Å². The van der Waals surface area contributed by atoms with Crippen molar-refractivity contribution in [1.29, 1.82) is 0 Å². The fourth-order valence-corrected chi connectivity index (χ4v) is 0.632. The Balaban J connectivity index is 3.52. The van der Waals surface area contributed by atoms with Crippen LogP contribution in [0.25, 0.3) is 0 Å². The third kappa shape index (κ3) is 5.65. The third-order valence-electron chi connectivity index (χ3n) is 0.975. The van der Waals surface area contributed by atoms with Crippen molar-refractivity contribution in [2.24, 2.45) is 0 Å². The Labute approximate surface area is 67.0 Å². The molecule has 0 aromatic carbocycles. The van der Waals surface area contributed by atoms with Crippen LogP contribution in [0, 0.1) is 5.63 Å². The van der Waals surface area contributed by atoms with Gasteiger partial charge in [0.15, 0.2) is 0 Å². The molecule has 0 saturated carbocycles. The molecule has 11 heavy (non-hydrogen) atoms. The summed E-state index contributed by atoms with van der Waals surface area (Å²) in [6.45, 7) is 5.55. The van der Waals surface area contributed by atoms with E-state index in [0.29, 0.717) is 18.5 Å². The number of hydrogen-bond donors (Lipinski definition) is 1. The second-order valence-corrected chi connectivity index (χ2v) is 2.53. The molecule has 1 amide bonds. The van der Waals surface area contributed by atoms with Crippen LogP contribution in [0.15, 0.2) is 12.2 Å². The zero-order valence-electron chi connectivity index (χ0n) is 6.39. The molecule has 0 spiro atoms. The fourth-order valence-electron chi connectivity index (χ4n) is 0.428. The molecule has 4 heteroatoms. The number of carbonyl (C=O) groups is 1. The number of amides is 1. The van der Waals surface area contributed by atoms with Crippen molar-refractivity contribution in [2.45, 2.75) is 13.3 Å². The summed E-state index contributed by atoms with van der Waals surface area (Å²) in [7, 11) is -0.115. The second-order valence-electron chi connectivity index (χ2n) is 2.04. The first-order valence-corrected chi connectivity index (χ1v) is 3.98. The normalized spacial score (nSPS) is 8.09. The Morgan fingerprint density at radius 3 is 2.82 bits per heavy atom. The van der Waals surface area contributed by atoms with Gasteiger partial charge in [-0.05, 0) is 0 Å². The quantitative estimate of drug-likeness (QED) is 0.395. The van der Waals surface area contributed by atoms with E-state index in [-0.39, 0.29) is 13.8 Å². The summed E-state index contributed by atoms with van der Waals surface area (Å²) in [6.07, 6.45) is 0.490. The molecule has 0 saturated heterocycles. The molecule has 0 fully saturated rings. The van der Waals surface area contributed by atoms with Crippen LogP contribution in [0.3, 0.4) is 0 Å². The van der Waals surface area contributed by atoms with Crippen molar-refractivity contribution in [1.82, 2.24) is 5.32 Å². The van der Waals surface area contributed by atoms with Gasteiger partial charge in [0.2, 0.25) is 0 Å². The maximum absolute atomic E-state index is 10.8. The van der Waals surface area contributed by atoms with Crippen molar-refractivity contribution >= 4 is 13.8 Å². The van der Waals surface area contributed by atoms with Crippen molar-refractivity contribution in [3.05, 3.63) is 12.2 Å². The average molecular weight is 171 g/mol. The molecule has 0 rings (SSSR count). The van der Waals surface area contributed by atoms with Gasteiger partial charge < -0.3 is 0 Å². The third-order valence-corrected chi connectivity index (χ3v) is 1.33. The van der Waals surface area contributed by atoms with Crippen LogP contribution >= 0.6 is 7.92 Å². The Morgan fingerprint density at radius 1 is 1.73 bits per heavy atom. The molecule has 60 valence electrons. The maximum atomic E-state index is 10.8. The van der Waals surface area contributed by atoms with Crippen LogP contribution in [0.5, 0.6) is 0 Å². The van der Waals surface area contributed by atoms with Gasteiger partial charge in [-0.1, -0.05) is 0 Å². The molecule has 0 bridgehead atoms. The molecule has 1 N–H and O–H groups in total. The summed E-state index contributed by atoms with van der Waals surface area (Å²) in [5, 5.41) is 2.57. The van der Waals surface area contributed by atoms with Crippen LogP contribution < -0.4 is 5.32 Å². The summed E-state index contributed by atoms with van der Waals surface area (Å²) >= 11 is 0. The van der Waals surface area contributed by atoms with Crippen molar-refractivity contribution in [2.75, 3.05) is 6.54 Å². The molecule has 0 heterocycles. The monoisotopic (exact) mass is 171 g/mol. The summed E-state index contributed by atoms with van der Waals surface area (Å²) < 4.78 is 9.84. The summed E-state index contributed by atoms with van der Waals surface area (Å²) in [5.41, 5.74) is 2.99. The van der Waals surface area contributed by atoms with Gasteiger partial charge in [0.1, 0.15) is 0 Å². The zero-order chi connectivity index (χ0) is 8.69. The van der Waals surface area contributed by atoms with E-state index in [2.05, 4.69) is 17.5 Å². The minimum absolute atomic E-state index is 0.115. The predicted molar refractivity (Wildman–Crippen MR) is 43.9 cm³/mol. The topological polar surface area (TPSA) is 46.2 Å². The molecule has 0 aliphatic carbocycles. The second kappa shape index (κ2) is 5.96. The van der Waals surface area contributed by atoms with Gasteiger partial charge in [-0.25, -0.2) is 0 Å². The van der Waals surface area contributed by atoms with Crippen LogP contribution in [0.1, 0.15) is 13.3 Å². The first kappa shape index (κ1) is 10.2. The number of carbonyl (C=O) groups excluding carboxylic acids is 1. The van der Waals surface area contributed by atoms with Crippen LogP contribution in [-0.2, 0) is 9.36 Å². The molecule has 0 aromatic heterocycles. The summed E-state index contributed by atoms with van der Waals surface area (Å²) in [4.78, 5) is 10.8. The standard InChI is InChI=1S/C7H10NO2P/c1-6(2)7(9)8-4-3-5-11-10/h1,3-4H2,2H3,(H,8,9). The van der Waals surface area contributed by atoms with E-state index in [9.17, 15) is 9.36 Å². The van der Waals surface area contributed by atoms with Crippen molar-refractivity contribution < 1.29 is 9.36 Å².